The molecule has 3 aromatic carbocycles. The van der Waals surface area contributed by atoms with Gasteiger partial charge in [-0.05, 0) is 59.8 Å². The molecule has 0 spiro atoms. The SMILES string of the molecule is O=C1S/C(=C\c2cn(Cc3ccc(Cl)cc3)c3ccc(Br)cc23)C(=O)N1Cc1ccccc1F. The van der Waals surface area contributed by atoms with E-state index in [1.165, 1.54) is 6.07 Å². The topological polar surface area (TPSA) is 42.3 Å². The zero-order valence-electron chi connectivity index (χ0n) is 17.7. The molecule has 0 saturated carbocycles. The van der Waals surface area contributed by atoms with Crippen LogP contribution in [0.25, 0.3) is 17.0 Å². The van der Waals surface area contributed by atoms with Crippen molar-refractivity contribution in [1.29, 1.82) is 0 Å². The maximum absolute atomic E-state index is 14.1. The molecule has 4 nitrogen and oxygen atoms in total. The van der Waals surface area contributed by atoms with E-state index in [1.54, 1.807) is 24.3 Å². The lowest BCUT2D eigenvalue weighted by Crippen LogP contribution is -2.27. The molecule has 0 N–H and O–H groups in total. The van der Waals surface area contributed by atoms with E-state index in [-0.39, 0.29) is 6.54 Å². The van der Waals surface area contributed by atoms with E-state index in [1.807, 2.05) is 48.7 Å². The van der Waals surface area contributed by atoms with E-state index < -0.39 is 17.0 Å². The zero-order valence-corrected chi connectivity index (χ0v) is 20.8. The van der Waals surface area contributed by atoms with E-state index in [2.05, 4.69) is 20.5 Å². The predicted molar refractivity (Wildman–Crippen MR) is 138 cm³/mol. The monoisotopic (exact) mass is 554 g/mol. The molecule has 0 atom stereocenters. The molecule has 170 valence electrons. The second kappa shape index (κ2) is 9.41. The van der Waals surface area contributed by atoms with Crippen molar-refractivity contribution < 1.29 is 14.0 Å². The van der Waals surface area contributed by atoms with Crippen LogP contribution in [0.15, 0.2) is 82.3 Å². The highest BCUT2D eigenvalue weighted by Gasteiger charge is 2.35. The van der Waals surface area contributed by atoms with Crippen molar-refractivity contribution >= 4 is 67.4 Å². The number of hydrogen-bond acceptors (Lipinski definition) is 3. The first kappa shape index (κ1) is 22.9. The normalized spacial score (nSPS) is 15.1. The number of aromatic nitrogens is 1. The van der Waals surface area contributed by atoms with Crippen LogP contribution in [0.5, 0.6) is 0 Å². The smallest absolute Gasteiger partial charge is 0.293 e. The van der Waals surface area contributed by atoms with Gasteiger partial charge >= 0.3 is 0 Å². The Hall–Kier alpha value is -2.87. The minimum absolute atomic E-state index is 0.0987. The number of carbonyl (C=O) groups is 2. The van der Waals surface area contributed by atoms with Gasteiger partial charge in [-0.3, -0.25) is 14.5 Å². The number of amides is 2. The van der Waals surface area contributed by atoms with Gasteiger partial charge < -0.3 is 4.57 Å². The molecule has 0 bridgehead atoms. The number of thioether (sulfide) groups is 1. The molecule has 2 amide bonds. The van der Waals surface area contributed by atoms with Gasteiger partial charge in [-0.2, -0.15) is 0 Å². The standard InChI is InChI=1S/C26H17BrClFN2O2S/c27-19-7-10-23-21(12-19)18(14-30(23)13-16-5-8-20(28)9-6-16)11-24-25(32)31(26(33)34-24)15-17-3-1-2-4-22(17)29/h1-12,14H,13,15H2/b24-11-. The van der Waals surface area contributed by atoms with E-state index in [0.29, 0.717) is 22.0 Å². The van der Waals surface area contributed by atoms with Crippen molar-refractivity contribution in [3.8, 4) is 0 Å². The summed E-state index contributed by atoms with van der Waals surface area (Å²) < 4.78 is 17.1. The second-order valence-corrected chi connectivity index (χ2v) is 10.2. The summed E-state index contributed by atoms with van der Waals surface area (Å²) in [6, 6.07) is 19.8. The summed E-state index contributed by atoms with van der Waals surface area (Å²) in [4.78, 5) is 27.0. The Balaban J connectivity index is 1.49. The molecule has 8 heteroatoms. The van der Waals surface area contributed by atoms with Gasteiger partial charge in [0.2, 0.25) is 0 Å². The number of benzene rings is 3. The van der Waals surface area contributed by atoms with Gasteiger partial charge in [-0.15, -0.1) is 0 Å². The first-order valence-corrected chi connectivity index (χ1v) is 12.4. The molecule has 34 heavy (non-hydrogen) atoms. The Morgan fingerprint density at radius 1 is 1.00 bits per heavy atom. The number of fused-ring (bicyclic) bond motifs is 1. The first-order valence-electron chi connectivity index (χ1n) is 10.4. The predicted octanol–water partition coefficient (Wildman–Crippen LogP) is 7.48. The van der Waals surface area contributed by atoms with Crippen molar-refractivity contribution in [2.75, 3.05) is 0 Å². The Bertz CT molecular complexity index is 1470. The van der Waals surface area contributed by atoms with Gasteiger partial charge in [0.1, 0.15) is 5.82 Å². The molecule has 1 aliphatic rings. The van der Waals surface area contributed by atoms with Gasteiger partial charge in [-0.1, -0.05) is 57.9 Å². The fourth-order valence-corrected chi connectivity index (χ4v) is 5.22. The highest BCUT2D eigenvalue weighted by Crippen LogP contribution is 2.36. The summed E-state index contributed by atoms with van der Waals surface area (Å²) in [5, 5.41) is 1.21. The van der Waals surface area contributed by atoms with E-state index in [0.717, 1.165) is 43.2 Å². The van der Waals surface area contributed by atoms with Gasteiger partial charge in [0.15, 0.2) is 0 Å². The lowest BCUT2D eigenvalue weighted by Gasteiger charge is -2.12. The summed E-state index contributed by atoms with van der Waals surface area (Å²) in [5.41, 5.74) is 3.20. The number of imide groups is 1. The minimum atomic E-state index is -0.444. The third kappa shape index (κ3) is 4.56. The maximum atomic E-state index is 14.1. The summed E-state index contributed by atoms with van der Waals surface area (Å²) >= 11 is 10.4. The Morgan fingerprint density at radius 2 is 1.76 bits per heavy atom. The molecular formula is C26H17BrClFN2O2S. The molecule has 2 heterocycles. The van der Waals surface area contributed by atoms with Crippen LogP contribution >= 0.6 is 39.3 Å². The molecule has 5 rings (SSSR count). The number of halogens is 3. The van der Waals surface area contributed by atoms with E-state index in [4.69, 9.17) is 11.6 Å². The first-order chi connectivity index (χ1) is 16.4. The number of rotatable bonds is 5. The summed E-state index contributed by atoms with van der Waals surface area (Å²) in [7, 11) is 0. The van der Waals surface area contributed by atoms with Crippen molar-refractivity contribution in [2.24, 2.45) is 0 Å². The van der Waals surface area contributed by atoms with Crippen LogP contribution in [-0.4, -0.2) is 20.6 Å². The van der Waals surface area contributed by atoms with Gasteiger partial charge in [-0.25, -0.2) is 4.39 Å². The molecular weight excluding hydrogens is 539 g/mol. The zero-order chi connectivity index (χ0) is 23.8. The third-order valence-corrected chi connectivity index (χ3v) is 7.24. The fourth-order valence-electron chi connectivity index (χ4n) is 3.90. The molecule has 0 aliphatic carbocycles. The Morgan fingerprint density at radius 3 is 2.53 bits per heavy atom. The molecule has 4 aromatic rings. The van der Waals surface area contributed by atoms with E-state index in [9.17, 15) is 14.0 Å². The van der Waals surface area contributed by atoms with Gasteiger partial charge in [0.25, 0.3) is 11.1 Å². The third-order valence-electron chi connectivity index (χ3n) is 5.59. The summed E-state index contributed by atoms with van der Waals surface area (Å²) in [6.07, 6.45) is 3.70. The molecule has 0 radical (unpaired) electrons. The van der Waals surface area contributed by atoms with Crippen molar-refractivity contribution in [2.45, 2.75) is 13.1 Å². The highest BCUT2D eigenvalue weighted by atomic mass is 79.9. The van der Waals surface area contributed by atoms with Gasteiger partial charge in [0.05, 0.1) is 11.4 Å². The van der Waals surface area contributed by atoms with Crippen LogP contribution in [0.3, 0.4) is 0 Å². The molecule has 1 aliphatic heterocycles. The highest BCUT2D eigenvalue weighted by molar-refractivity contribution is 9.10. The molecule has 1 fully saturated rings. The van der Waals surface area contributed by atoms with Crippen LogP contribution in [0, 0.1) is 5.82 Å². The Kier molecular flexibility index (Phi) is 6.34. The summed E-state index contributed by atoms with van der Waals surface area (Å²) in [6.45, 7) is 0.524. The average molecular weight is 556 g/mol. The van der Waals surface area contributed by atoms with Crippen molar-refractivity contribution in [3.63, 3.8) is 0 Å². The van der Waals surface area contributed by atoms with Gasteiger partial charge in [0, 0.05) is 44.3 Å². The second-order valence-electron chi connectivity index (χ2n) is 7.86. The lowest BCUT2D eigenvalue weighted by molar-refractivity contribution is -0.123. The van der Waals surface area contributed by atoms with Crippen molar-refractivity contribution in [1.82, 2.24) is 9.47 Å². The quantitative estimate of drug-likeness (QED) is 0.240. The summed E-state index contributed by atoms with van der Waals surface area (Å²) in [5.74, 6) is -0.868. The average Bonchev–Trinajstić information content (AvgIpc) is 3.28. The molecule has 1 aromatic heterocycles. The van der Waals surface area contributed by atoms with E-state index >= 15 is 0 Å². The van der Waals surface area contributed by atoms with Crippen LogP contribution in [0.4, 0.5) is 9.18 Å². The van der Waals surface area contributed by atoms with Crippen LogP contribution in [0.1, 0.15) is 16.7 Å². The Labute approximate surface area is 213 Å². The minimum Gasteiger partial charge on any atom is -0.342 e. The van der Waals surface area contributed by atoms with Crippen molar-refractivity contribution in [3.05, 3.63) is 110 Å². The fraction of sp³-hybridized carbons (Fsp3) is 0.0769. The van der Waals surface area contributed by atoms with Crippen LogP contribution in [0.2, 0.25) is 5.02 Å². The number of hydrogen-bond donors (Lipinski definition) is 0. The molecule has 1 saturated heterocycles. The lowest BCUT2D eigenvalue weighted by atomic mass is 10.1. The largest absolute Gasteiger partial charge is 0.342 e. The maximum Gasteiger partial charge on any atom is 0.293 e. The molecule has 0 unspecified atom stereocenters. The number of nitrogens with zero attached hydrogens (tertiary/aromatic N) is 2. The number of carbonyl (C=O) groups excluding carboxylic acids is 2. The van der Waals surface area contributed by atoms with Crippen LogP contribution < -0.4 is 0 Å². The van der Waals surface area contributed by atoms with Crippen LogP contribution in [-0.2, 0) is 17.9 Å².